The van der Waals surface area contributed by atoms with E-state index in [9.17, 15) is 13.2 Å². The lowest BCUT2D eigenvalue weighted by Crippen LogP contribution is -2.53. The van der Waals surface area contributed by atoms with E-state index < -0.39 is 15.7 Å². The second-order valence-electron chi connectivity index (χ2n) is 5.59. The van der Waals surface area contributed by atoms with E-state index in [0.29, 0.717) is 38.8 Å². The lowest BCUT2D eigenvalue weighted by Gasteiger charge is -2.32. The summed E-state index contributed by atoms with van der Waals surface area (Å²) in [5.74, 6) is -0.473. The zero-order valence-electron chi connectivity index (χ0n) is 13.5. The lowest BCUT2D eigenvalue weighted by atomic mass is 9.95. The predicted molar refractivity (Wildman–Crippen MR) is 88.0 cm³/mol. The fourth-order valence-electron chi connectivity index (χ4n) is 2.32. The maximum atomic E-state index is 12.3. The van der Waals surface area contributed by atoms with Gasteiger partial charge in [-0.1, -0.05) is 13.8 Å². The molecule has 0 atom stereocenters. The van der Waals surface area contributed by atoms with Gasteiger partial charge in [0.25, 0.3) is 10.2 Å². The van der Waals surface area contributed by atoms with Gasteiger partial charge in [0.05, 0.1) is 13.0 Å². The van der Waals surface area contributed by atoms with Crippen LogP contribution in [0, 0.1) is 5.92 Å². The average molecular weight is 358 g/mol. The van der Waals surface area contributed by atoms with Crippen LogP contribution in [0.5, 0.6) is 0 Å². The monoisotopic (exact) mass is 357 g/mol. The van der Waals surface area contributed by atoms with E-state index in [1.165, 1.54) is 11.4 Å². The molecule has 7 nitrogen and oxygen atoms in total. The van der Waals surface area contributed by atoms with E-state index in [1.54, 1.807) is 0 Å². The highest BCUT2D eigenvalue weighted by atomic mass is 35.5. The van der Waals surface area contributed by atoms with Gasteiger partial charge in [-0.25, -0.2) is 4.72 Å². The van der Waals surface area contributed by atoms with Gasteiger partial charge >= 0.3 is 5.97 Å². The Bertz CT molecular complexity index is 446. The molecule has 9 heteroatoms. The van der Waals surface area contributed by atoms with E-state index in [0.717, 1.165) is 0 Å². The maximum Gasteiger partial charge on any atom is 0.308 e. The van der Waals surface area contributed by atoms with Crippen LogP contribution in [-0.4, -0.2) is 51.0 Å². The van der Waals surface area contributed by atoms with E-state index in [1.807, 2.05) is 13.8 Å². The van der Waals surface area contributed by atoms with Gasteiger partial charge in [0, 0.05) is 25.2 Å². The quantitative estimate of drug-likeness (QED) is 0.651. The van der Waals surface area contributed by atoms with Crippen LogP contribution in [0.15, 0.2) is 0 Å². The SMILES string of the molecule is CCC(N)(CC)CNS(=O)(=O)N1CCC(C(=O)OC)CC1.Cl. The van der Waals surface area contributed by atoms with E-state index in [4.69, 9.17) is 10.5 Å². The van der Waals surface area contributed by atoms with Gasteiger partial charge in [-0.3, -0.25) is 4.79 Å². The largest absolute Gasteiger partial charge is 0.469 e. The van der Waals surface area contributed by atoms with Crippen molar-refractivity contribution in [3.63, 3.8) is 0 Å². The first-order valence-electron chi connectivity index (χ1n) is 7.39. The molecule has 0 saturated carbocycles. The summed E-state index contributed by atoms with van der Waals surface area (Å²) in [6, 6.07) is 0. The number of halogens is 1. The first-order chi connectivity index (χ1) is 9.78. The van der Waals surface area contributed by atoms with Gasteiger partial charge in [0.15, 0.2) is 0 Å². The molecular formula is C13H28ClN3O4S. The summed E-state index contributed by atoms with van der Waals surface area (Å²) in [7, 11) is -2.19. The smallest absolute Gasteiger partial charge is 0.308 e. The molecule has 1 fully saturated rings. The summed E-state index contributed by atoms with van der Waals surface area (Å²) >= 11 is 0. The summed E-state index contributed by atoms with van der Waals surface area (Å²) in [5.41, 5.74) is 5.59. The molecule has 0 bridgehead atoms. The van der Waals surface area contributed by atoms with Crippen LogP contribution < -0.4 is 10.5 Å². The number of methoxy groups -OCH3 is 1. The van der Waals surface area contributed by atoms with Crippen molar-refractivity contribution >= 4 is 28.6 Å². The molecule has 0 aromatic rings. The number of ether oxygens (including phenoxy) is 1. The van der Waals surface area contributed by atoms with Crippen molar-refractivity contribution in [2.75, 3.05) is 26.7 Å². The first-order valence-corrected chi connectivity index (χ1v) is 8.83. The number of esters is 1. The Balaban J connectivity index is 0.00000441. The molecule has 0 unspecified atom stereocenters. The average Bonchev–Trinajstić information content (AvgIpc) is 2.52. The summed E-state index contributed by atoms with van der Waals surface area (Å²) in [4.78, 5) is 11.4. The number of nitrogens with one attached hydrogen (secondary N) is 1. The molecule has 132 valence electrons. The first kappa shape index (κ1) is 21.6. The molecule has 22 heavy (non-hydrogen) atoms. The Kier molecular flexibility index (Phi) is 8.86. The fraction of sp³-hybridized carbons (Fsp3) is 0.923. The molecule has 1 aliphatic rings. The highest BCUT2D eigenvalue weighted by Crippen LogP contribution is 2.20. The van der Waals surface area contributed by atoms with Crippen LogP contribution in [0.3, 0.4) is 0 Å². The fourth-order valence-corrected chi connectivity index (χ4v) is 3.67. The zero-order valence-corrected chi connectivity index (χ0v) is 15.1. The lowest BCUT2D eigenvalue weighted by molar-refractivity contribution is -0.146. The van der Waals surface area contributed by atoms with Crippen LogP contribution in [0.25, 0.3) is 0 Å². The minimum atomic E-state index is -3.54. The van der Waals surface area contributed by atoms with Gasteiger partial charge in [0.2, 0.25) is 0 Å². The van der Waals surface area contributed by atoms with Gasteiger partial charge < -0.3 is 10.5 Å². The number of nitrogens with two attached hydrogens (primary N) is 1. The summed E-state index contributed by atoms with van der Waals surface area (Å²) in [5, 5.41) is 0. The van der Waals surface area contributed by atoms with Crippen molar-refractivity contribution < 1.29 is 17.9 Å². The highest BCUT2D eigenvalue weighted by Gasteiger charge is 2.32. The van der Waals surface area contributed by atoms with E-state index in [-0.39, 0.29) is 30.8 Å². The minimum absolute atomic E-state index is 0. The number of carbonyl (C=O) groups is 1. The maximum absolute atomic E-state index is 12.3. The zero-order chi connectivity index (χ0) is 16.1. The Morgan fingerprint density at radius 3 is 2.23 bits per heavy atom. The number of nitrogens with zero attached hydrogens (tertiary/aromatic N) is 1. The Labute approximate surface area is 139 Å². The Morgan fingerprint density at radius 2 is 1.82 bits per heavy atom. The van der Waals surface area contributed by atoms with Crippen molar-refractivity contribution in [3.05, 3.63) is 0 Å². The molecule has 0 aromatic heterocycles. The van der Waals surface area contributed by atoms with Crippen molar-refractivity contribution in [2.24, 2.45) is 11.7 Å². The minimum Gasteiger partial charge on any atom is -0.469 e. The van der Waals surface area contributed by atoms with Gasteiger partial charge in [0.1, 0.15) is 0 Å². The van der Waals surface area contributed by atoms with E-state index in [2.05, 4.69) is 4.72 Å². The van der Waals surface area contributed by atoms with Crippen molar-refractivity contribution in [3.8, 4) is 0 Å². The second-order valence-corrected chi connectivity index (χ2v) is 7.35. The van der Waals surface area contributed by atoms with Gasteiger partial charge in [-0.15, -0.1) is 12.4 Å². The molecular weight excluding hydrogens is 330 g/mol. The third kappa shape index (κ3) is 5.66. The number of rotatable bonds is 7. The summed E-state index contributed by atoms with van der Waals surface area (Å²) < 4.78 is 33.2. The molecule has 0 radical (unpaired) electrons. The molecule has 0 aliphatic carbocycles. The normalized spacial score (nSPS) is 17.8. The number of hydrogen-bond donors (Lipinski definition) is 2. The molecule has 1 saturated heterocycles. The van der Waals surface area contributed by atoms with Crippen LogP contribution >= 0.6 is 12.4 Å². The molecule has 1 heterocycles. The molecule has 0 amide bonds. The van der Waals surface area contributed by atoms with Crippen LogP contribution in [0.1, 0.15) is 39.5 Å². The number of piperidine rings is 1. The number of carbonyl (C=O) groups excluding carboxylic acids is 1. The van der Waals surface area contributed by atoms with Crippen molar-refractivity contribution in [2.45, 2.75) is 45.1 Å². The second kappa shape index (κ2) is 9.02. The standard InChI is InChI=1S/C13H27N3O4S.ClH/c1-4-13(14,5-2)10-15-21(18,19)16-8-6-11(7-9-16)12(17)20-3;/h11,15H,4-10,14H2,1-3H3;1H. The molecule has 0 spiro atoms. The molecule has 1 rings (SSSR count). The van der Waals surface area contributed by atoms with E-state index >= 15 is 0 Å². The third-order valence-electron chi connectivity index (χ3n) is 4.34. The van der Waals surface area contributed by atoms with Crippen LogP contribution in [0.4, 0.5) is 0 Å². The third-order valence-corrected chi connectivity index (χ3v) is 5.90. The van der Waals surface area contributed by atoms with Gasteiger partial charge in [-0.05, 0) is 25.7 Å². The van der Waals surface area contributed by atoms with Crippen LogP contribution in [-0.2, 0) is 19.7 Å². The number of hydrogen-bond acceptors (Lipinski definition) is 5. The topological polar surface area (TPSA) is 102 Å². The van der Waals surface area contributed by atoms with Crippen LogP contribution in [0.2, 0.25) is 0 Å². The predicted octanol–water partition coefficient (Wildman–Crippen LogP) is 0.645. The van der Waals surface area contributed by atoms with Crippen molar-refractivity contribution in [1.82, 2.24) is 9.03 Å². The molecule has 1 aliphatic heterocycles. The Hall–Kier alpha value is -0.410. The van der Waals surface area contributed by atoms with Gasteiger partial charge in [-0.2, -0.15) is 12.7 Å². The molecule has 0 aromatic carbocycles. The molecule has 3 N–H and O–H groups in total. The Morgan fingerprint density at radius 1 is 1.32 bits per heavy atom. The highest BCUT2D eigenvalue weighted by molar-refractivity contribution is 7.87. The van der Waals surface area contributed by atoms with Crippen molar-refractivity contribution in [1.29, 1.82) is 0 Å². The summed E-state index contributed by atoms with van der Waals surface area (Å²) in [6.45, 7) is 4.76. The summed E-state index contributed by atoms with van der Waals surface area (Å²) in [6.07, 6.45) is 2.39.